The average molecular weight is 404 g/mol. The molecule has 0 saturated carbocycles. The van der Waals surface area contributed by atoms with Crippen molar-refractivity contribution in [3.8, 4) is 11.5 Å². The van der Waals surface area contributed by atoms with Gasteiger partial charge in [-0.3, -0.25) is 4.79 Å². The van der Waals surface area contributed by atoms with Gasteiger partial charge in [-0.1, -0.05) is 11.2 Å². The second-order valence-electron chi connectivity index (χ2n) is 5.86. The number of benzene rings is 1. The van der Waals surface area contributed by atoms with E-state index in [0.29, 0.717) is 23.8 Å². The van der Waals surface area contributed by atoms with Crippen LogP contribution in [0.3, 0.4) is 0 Å². The molecule has 1 aromatic heterocycles. The lowest BCUT2D eigenvalue weighted by atomic mass is 10.1. The topological polar surface area (TPSA) is 95.5 Å². The molecule has 0 bridgehead atoms. The number of rotatable bonds is 9. The van der Waals surface area contributed by atoms with Crippen LogP contribution in [-0.4, -0.2) is 44.1 Å². The molecule has 2 heterocycles. The van der Waals surface area contributed by atoms with E-state index in [1.165, 1.54) is 4.88 Å². The summed E-state index contributed by atoms with van der Waals surface area (Å²) in [6, 6.07) is 9.33. The van der Waals surface area contributed by atoms with E-state index in [1.54, 1.807) is 30.4 Å². The molecule has 1 aliphatic heterocycles. The molecule has 1 aliphatic rings. The molecule has 0 fully saturated rings. The number of oxime groups is 1. The number of fused-ring (bicyclic) bond motifs is 1. The number of esters is 1. The third-order valence-corrected chi connectivity index (χ3v) is 4.75. The fourth-order valence-corrected chi connectivity index (χ4v) is 3.08. The Morgan fingerprint density at radius 2 is 2.07 bits per heavy atom. The van der Waals surface area contributed by atoms with Gasteiger partial charge in [-0.25, -0.2) is 4.79 Å². The summed E-state index contributed by atoms with van der Waals surface area (Å²) < 4.78 is 15.4. The van der Waals surface area contributed by atoms with Gasteiger partial charge in [-0.2, -0.15) is 0 Å². The highest BCUT2D eigenvalue weighted by Crippen LogP contribution is 2.32. The Balaban J connectivity index is 1.33. The molecule has 0 radical (unpaired) electrons. The summed E-state index contributed by atoms with van der Waals surface area (Å²) >= 11 is 1.63. The van der Waals surface area contributed by atoms with Crippen LogP contribution in [0.5, 0.6) is 11.5 Å². The number of hydrogen-bond donors (Lipinski definition) is 1. The summed E-state index contributed by atoms with van der Waals surface area (Å²) in [7, 11) is 0. The number of nitrogens with one attached hydrogen (secondary N) is 1. The molecule has 8 nitrogen and oxygen atoms in total. The first-order valence-corrected chi connectivity index (χ1v) is 9.51. The Hall–Kier alpha value is -3.07. The van der Waals surface area contributed by atoms with Gasteiger partial charge in [-0.15, -0.1) is 11.3 Å². The maximum Gasteiger partial charge on any atom is 0.347 e. The zero-order chi connectivity index (χ0) is 19.8. The van der Waals surface area contributed by atoms with Crippen molar-refractivity contribution in [2.45, 2.75) is 13.3 Å². The molecule has 0 aliphatic carbocycles. The summed E-state index contributed by atoms with van der Waals surface area (Å²) in [4.78, 5) is 29.5. The van der Waals surface area contributed by atoms with Crippen LogP contribution in [0.4, 0.5) is 0 Å². The number of carbonyl (C=O) groups excluding carboxylic acids is 2. The Morgan fingerprint density at radius 3 is 2.89 bits per heavy atom. The molecule has 0 atom stereocenters. The average Bonchev–Trinajstić information content (AvgIpc) is 3.37. The summed E-state index contributed by atoms with van der Waals surface area (Å²) in [5.41, 5.74) is 1.35. The molecule has 2 aromatic rings. The van der Waals surface area contributed by atoms with Crippen molar-refractivity contribution in [1.29, 1.82) is 0 Å². The third kappa shape index (κ3) is 5.71. The Labute approximate surface area is 166 Å². The zero-order valence-electron chi connectivity index (χ0n) is 15.3. The fraction of sp³-hybridized carbons (Fsp3) is 0.316. The van der Waals surface area contributed by atoms with Crippen LogP contribution in [0.2, 0.25) is 0 Å². The number of amides is 1. The number of hydrogen-bond acceptors (Lipinski definition) is 8. The molecule has 9 heteroatoms. The van der Waals surface area contributed by atoms with Gasteiger partial charge < -0.3 is 24.4 Å². The smallest absolute Gasteiger partial charge is 0.347 e. The Morgan fingerprint density at radius 1 is 1.21 bits per heavy atom. The molecule has 0 saturated heterocycles. The standard InChI is InChI=1S/C19H20N2O6S/c1-13(14-4-5-16-17(9-14)26-12-25-16)21-27-11-19(23)24-10-18(22)20-7-6-15-3-2-8-28-15/h2-5,8-9H,6-7,10-12H2,1H3,(H,20,22)/b21-13+. The highest BCUT2D eigenvalue weighted by Gasteiger charge is 2.14. The van der Waals surface area contributed by atoms with Gasteiger partial charge in [0.2, 0.25) is 13.4 Å². The van der Waals surface area contributed by atoms with E-state index in [-0.39, 0.29) is 25.9 Å². The van der Waals surface area contributed by atoms with Crippen LogP contribution in [0, 0.1) is 0 Å². The van der Waals surface area contributed by atoms with E-state index < -0.39 is 5.97 Å². The van der Waals surface area contributed by atoms with Crippen LogP contribution < -0.4 is 14.8 Å². The van der Waals surface area contributed by atoms with E-state index in [1.807, 2.05) is 23.6 Å². The molecule has 1 amide bonds. The first kappa shape index (κ1) is 19.7. The van der Waals surface area contributed by atoms with Gasteiger partial charge in [-0.05, 0) is 43.0 Å². The number of carbonyl (C=O) groups is 2. The molecule has 3 rings (SSSR count). The van der Waals surface area contributed by atoms with E-state index in [0.717, 1.165) is 12.0 Å². The predicted molar refractivity (Wildman–Crippen MR) is 103 cm³/mol. The SMILES string of the molecule is C/C(=N\OCC(=O)OCC(=O)NCCc1cccs1)c1ccc2c(c1)OCO2. The second kappa shape index (κ2) is 9.75. The molecular weight excluding hydrogens is 384 g/mol. The van der Waals surface area contributed by atoms with E-state index >= 15 is 0 Å². The third-order valence-electron chi connectivity index (χ3n) is 3.81. The maximum absolute atomic E-state index is 11.7. The Kier molecular flexibility index (Phi) is 6.85. The molecule has 0 unspecified atom stereocenters. The summed E-state index contributed by atoms with van der Waals surface area (Å²) in [6.45, 7) is 1.69. The van der Waals surface area contributed by atoms with Gasteiger partial charge in [0.25, 0.3) is 5.91 Å². The van der Waals surface area contributed by atoms with Crippen molar-refractivity contribution < 1.29 is 28.6 Å². The number of ether oxygens (including phenoxy) is 3. The number of thiophene rings is 1. The lowest BCUT2D eigenvalue weighted by Gasteiger charge is -2.06. The van der Waals surface area contributed by atoms with Crippen LogP contribution in [0.15, 0.2) is 40.9 Å². The van der Waals surface area contributed by atoms with Crippen LogP contribution in [-0.2, 0) is 25.6 Å². The summed E-state index contributed by atoms with van der Waals surface area (Å²) in [6.07, 6.45) is 0.744. The fourth-order valence-electron chi connectivity index (χ4n) is 2.37. The van der Waals surface area contributed by atoms with Crippen LogP contribution >= 0.6 is 11.3 Å². The molecule has 28 heavy (non-hydrogen) atoms. The van der Waals surface area contributed by atoms with E-state index in [2.05, 4.69) is 10.5 Å². The summed E-state index contributed by atoms with van der Waals surface area (Å²) in [5.74, 6) is 0.284. The lowest BCUT2D eigenvalue weighted by Crippen LogP contribution is -2.30. The van der Waals surface area contributed by atoms with Crippen molar-refractivity contribution in [1.82, 2.24) is 5.32 Å². The summed E-state index contributed by atoms with van der Waals surface area (Å²) in [5, 5.41) is 8.56. The normalized spacial score (nSPS) is 12.5. The molecule has 148 valence electrons. The van der Waals surface area contributed by atoms with E-state index in [9.17, 15) is 9.59 Å². The van der Waals surface area contributed by atoms with Crippen molar-refractivity contribution in [2.24, 2.45) is 5.16 Å². The minimum absolute atomic E-state index is 0.193. The lowest BCUT2D eigenvalue weighted by molar-refractivity contribution is -0.152. The van der Waals surface area contributed by atoms with Gasteiger partial charge in [0.15, 0.2) is 18.1 Å². The molecule has 0 spiro atoms. The zero-order valence-corrected chi connectivity index (χ0v) is 16.1. The first-order chi connectivity index (χ1) is 13.6. The monoisotopic (exact) mass is 404 g/mol. The quantitative estimate of drug-likeness (QED) is 0.391. The molecule has 1 aromatic carbocycles. The van der Waals surface area contributed by atoms with Crippen molar-refractivity contribution >= 4 is 28.9 Å². The molecular formula is C19H20N2O6S. The first-order valence-electron chi connectivity index (χ1n) is 8.63. The van der Waals surface area contributed by atoms with Gasteiger partial charge in [0, 0.05) is 17.0 Å². The number of nitrogens with zero attached hydrogens (tertiary/aromatic N) is 1. The van der Waals surface area contributed by atoms with Crippen molar-refractivity contribution in [3.05, 3.63) is 46.2 Å². The Bertz CT molecular complexity index is 850. The minimum atomic E-state index is -0.671. The van der Waals surface area contributed by atoms with E-state index in [4.69, 9.17) is 19.0 Å². The van der Waals surface area contributed by atoms with Crippen molar-refractivity contribution in [3.63, 3.8) is 0 Å². The van der Waals surface area contributed by atoms with Gasteiger partial charge >= 0.3 is 5.97 Å². The molecule has 1 N–H and O–H groups in total. The maximum atomic E-state index is 11.7. The van der Waals surface area contributed by atoms with Crippen molar-refractivity contribution in [2.75, 3.05) is 26.6 Å². The second-order valence-corrected chi connectivity index (χ2v) is 6.89. The van der Waals surface area contributed by atoms with Crippen LogP contribution in [0.1, 0.15) is 17.4 Å². The minimum Gasteiger partial charge on any atom is -0.454 e. The highest BCUT2D eigenvalue weighted by molar-refractivity contribution is 7.09. The predicted octanol–water partition coefficient (Wildman–Crippen LogP) is 2.12. The van der Waals surface area contributed by atoms with Gasteiger partial charge in [0.05, 0.1) is 5.71 Å². The highest BCUT2D eigenvalue weighted by atomic mass is 32.1. The van der Waals surface area contributed by atoms with Gasteiger partial charge in [0.1, 0.15) is 0 Å². The van der Waals surface area contributed by atoms with Crippen LogP contribution in [0.25, 0.3) is 0 Å². The largest absolute Gasteiger partial charge is 0.454 e.